The summed E-state index contributed by atoms with van der Waals surface area (Å²) in [6.07, 6.45) is 24.6. The second-order valence-corrected chi connectivity index (χ2v) is 15.1. The van der Waals surface area contributed by atoms with Crippen LogP contribution in [0.3, 0.4) is 0 Å². The highest BCUT2D eigenvalue weighted by atomic mass is 31.2. The van der Waals surface area contributed by atoms with Crippen LogP contribution >= 0.6 is 7.82 Å². The van der Waals surface area contributed by atoms with Gasteiger partial charge >= 0.3 is 19.8 Å². The van der Waals surface area contributed by atoms with Gasteiger partial charge in [0.25, 0.3) is 0 Å². The van der Waals surface area contributed by atoms with Crippen molar-refractivity contribution < 1.29 is 42.1 Å². The van der Waals surface area contributed by atoms with Crippen LogP contribution in [0.1, 0.15) is 162 Å². The first kappa shape index (κ1) is 44.0. The predicted molar refractivity (Wildman–Crippen MR) is 183 cm³/mol. The molecule has 0 heterocycles. The largest absolute Gasteiger partial charge is 0.472 e. The molecule has 45 heavy (non-hydrogen) atoms. The third-order valence-corrected chi connectivity index (χ3v) is 8.87. The first-order valence-corrected chi connectivity index (χ1v) is 19.8. The molecule has 0 aromatic carbocycles. The van der Waals surface area contributed by atoms with Gasteiger partial charge in [0, 0.05) is 12.8 Å². The first-order chi connectivity index (χ1) is 21.5. The number of esters is 2. The number of quaternary nitrogens is 1. The summed E-state index contributed by atoms with van der Waals surface area (Å²) in [5, 5.41) is 0. The lowest BCUT2D eigenvalue weighted by Crippen LogP contribution is -2.37. The fourth-order valence-electron chi connectivity index (χ4n) is 4.95. The average Bonchev–Trinajstić information content (AvgIpc) is 2.97. The van der Waals surface area contributed by atoms with Crippen LogP contribution in [-0.2, 0) is 32.7 Å². The van der Waals surface area contributed by atoms with E-state index in [-0.39, 0.29) is 25.6 Å². The van der Waals surface area contributed by atoms with E-state index < -0.39 is 26.5 Å². The summed E-state index contributed by atoms with van der Waals surface area (Å²) in [6, 6.07) is 0. The van der Waals surface area contributed by atoms with Crippen LogP contribution in [0.15, 0.2) is 0 Å². The number of unbranched alkanes of at least 4 members (excludes halogenated alkanes) is 19. The molecule has 0 aliphatic rings. The van der Waals surface area contributed by atoms with Gasteiger partial charge in [-0.2, -0.15) is 0 Å². The van der Waals surface area contributed by atoms with Crippen molar-refractivity contribution in [2.75, 3.05) is 47.5 Å². The van der Waals surface area contributed by atoms with Crippen LogP contribution in [-0.4, -0.2) is 74.9 Å². The fourth-order valence-corrected chi connectivity index (χ4v) is 5.70. The highest BCUT2D eigenvalue weighted by Gasteiger charge is 2.27. The minimum absolute atomic E-state index is 0.0359. The van der Waals surface area contributed by atoms with Crippen LogP contribution in [0, 0.1) is 0 Å². The molecule has 2 atom stereocenters. The molecule has 0 rings (SSSR count). The lowest BCUT2D eigenvalue weighted by atomic mass is 10.0. The third-order valence-electron chi connectivity index (χ3n) is 7.89. The molecule has 0 aliphatic carbocycles. The number of phosphoric acid groups is 1. The standard InChI is InChI=1S/C35H70NO8P/c1-6-8-10-12-14-15-16-17-18-19-20-21-22-24-26-28-35(38)44-33(31-41-34(37)27-25-23-13-11-9-7-2)32-43-45(39,40)42-30-29-36(3,4)5/h33H,6-32H2,1-5H3/p+1. The molecule has 0 aliphatic heterocycles. The van der Waals surface area contributed by atoms with E-state index in [2.05, 4.69) is 13.8 Å². The Labute approximate surface area is 276 Å². The summed E-state index contributed by atoms with van der Waals surface area (Å²) >= 11 is 0. The highest BCUT2D eigenvalue weighted by Crippen LogP contribution is 2.43. The van der Waals surface area contributed by atoms with Gasteiger partial charge in [0.1, 0.15) is 19.8 Å². The smallest absolute Gasteiger partial charge is 0.462 e. The second-order valence-electron chi connectivity index (χ2n) is 13.6. The lowest BCUT2D eigenvalue weighted by Gasteiger charge is -2.24. The number of carbonyl (C=O) groups excluding carboxylic acids is 2. The van der Waals surface area contributed by atoms with Crippen molar-refractivity contribution in [1.82, 2.24) is 0 Å². The van der Waals surface area contributed by atoms with Crippen LogP contribution in [0.4, 0.5) is 0 Å². The van der Waals surface area contributed by atoms with E-state index in [4.69, 9.17) is 18.5 Å². The van der Waals surface area contributed by atoms with Gasteiger partial charge in [-0.3, -0.25) is 18.6 Å². The molecule has 0 fully saturated rings. The van der Waals surface area contributed by atoms with Crippen LogP contribution in [0.2, 0.25) is 0 Å². The number of nitrogens with zero attached hydrogens (tertiary/aromatic N) is 1. The Morgan fingerprint density at radius 3 is 1.42 bits per heavy atom. The molecule has 0 aromatic rings. The van der Waals surface area contributed by atoms with Crippen molar-refractivity contribution in [1.29, 1.82) is 0 Å². The zero-order valence-electron chi connectivity index (χ0n) is 29.9. The SMILES string of the molecule is CCCCCCCCCCCCCCCCCC(=O)OC(COC(=O)CCCCCCCC)COP(=O)(O)OCC[N+](C)(C)C. The zero-order valence-corrected chi connectivity index (χ0v) is 30.8. The fraction of sp³-hybridized carbons (Fsp3) is 0.943. The monoisotopic (exact) mass is 664 g/mol. The van der Waals surface area contributed by atoms with E-state index in [1.165, 1.54) is 96.3 Å². The molecule has 1 N–H and O–H groups in total. The van der Waals surface area contributed by atoms with E-state index in [0.29, 0.717) is 17.4 Å². The molecule has 0 amide bonds. The van der Waals surface area contributed by atoms with Crippen LogP contribution in [0.5, 0.6) is 0 Å². The van der Waals surface area contributed by atoms with E-state index in [1.54, 1.807) is 0 Å². The third kappa shape index (κ3) is 32.7. The van der Waals surface area contributed by atoms with Gasteiger partial charge < -0.3 is 18.9 Å². The maximum atomic E-state index is 12.6. The quantitative estimate of drug-likeness (QED) is 0.0320. The summed E-state index contributed by atoms with van der Waals surface area (Å²) in [5.41, 5.74) is 0. The maximum absolute atomic E-state index is 12.6. The summed E-state index contributed by atoms with van der Waals surface area (Å²) in [6.45, 7) is 4.35. The highest BCUT2D eigenvalue weighted by molar-refractivity contribution is 7.47. The van der Waals surface area contributed by atoms with E-state index >= 15 is 0 Å². The van der Waals surface area contributed by atoms with Gasteiger partial charge in [0.15, 0.2) is 6.10 Å². The van der Waals surface area contributed by atoms with E-state index in [9.17, 15) is 19.0 Å². The van der Waals surface area contributed by atoms with Crippen LogP contribution < -0.4 is 0 Å². The Kier molecular flexibility index (Phi) is 28.5. The Hall–Kier alpha value is -0.990. The molecule has 9 nitrogen and oxygen atoms in total. The summed E-state index contributed by atoms with van der Waals surface area (Å²) in [5.74, 6) is -0.802. The molecule has 0 aromatic heterocycles. The molecule has 0 spiro atoms. The minimum atomic E-state index is -4.35. The molecule has 0 radical (unpaired) electrons. The number of phosphoric ester groups is 1. The maximum Gasteiger partial charge on any atom is 0.472 e. The van der Waals surface area contributed by atoms with Gasteiger partial charge in [0.2, 0.25) is 0 Å². The Morgan fingerprint density at radius 2 is 1.00 bits per heavy atom. The van der Waals surface area contributed by atoms with Gasteiger partial charge in [-0.1, -0.05) is 136 Å². The van der Waals surface area contributed by atoms with Crippen molar-refractivity contribution in [2.24, 2.45) is 0 Å². The molecular weight excluding hydrogens is 593 g/mol. The molecule has 0 bridgehead atoms. The average molecular weight is 665 g/mol. The van der Waals surface area contributed by atoms with E-state index in [1.807, 2.05) is 21.1 Å². The number of carbonyl (C=O) groups is 2. The Bertz CT molecular complexity index is 758. The molecule has 0 saturated heterocycles. The van der Waals surface area contributed by atoms with Crippen molar-refractivity contribution in [2.45, 2.75) is 168 Å². The topological polar surface area (TPSA) is 108 Å². The lowest BCUT2D eigenvalue weighted by molar-refractivity contribution is -0.870. The molecule has 268 valence electrons. The van der Waals surface area contributed by atoms with Crippen molar-refractivity contribution in [3.8, 4) is 0 Å². The van der Waals surface area contributed by atoms with Gasteiger partial charge in [-0.25, -0.2) is 4.57 Å². The van der Waals surface area contributed by atoms with Gasteiger partial charge in [-0.05, 0) is 12.8 Å². The normalized spacial score (nSPS) is 13.8. The molecule has 0 saturated carbocycles. The number of hydrogen-bond donors (Lipinski definition) is 1. The first-order valence-electron chi connectivity index (χ1n) is 18.3. The predicted octanol–water partition coefficient (Wildman–Crippen LogP) is 9.29. The zero-order chi connectivity index (χ0) is 33.7. The van der Waals surface area contributed by atoms with Crippen molar-refractivity contribution in [3.05, 3.63) is 0 Å². The molecule has 2 unspecified atom stereocenters. The van der Waals surface area contributed by atoms with Crippen molar-refractivity contribution in [3.63, 3.8) is 0 Å². The number of hydrogen-bond acceptors (Lipinski definition) is 7. The van der Waals surface area contributed by atoms with Crippen LogP contribution in [0.25, 0.3) is 0 Å². The van der Waals surface area contributed by atoms with Gasteiger partial charge in [0.05, 0.1) is 27.7 Å². The van der Waals surface area contributed by atoms with Gasteiger partial charge in [-0.15, -0.1) is 0 Å². The summed E-state index contributed by atoms with van der Waals surface area (Å²) in [7, 11) is 1.48. The number of ether oxygens (including phenoxy) is 2. The minimum Gasteiger partial charge on any atom is -0.462 e. The number of rotatable bonds is 33. The van der Waals surface area contributed by atoms with E-state index in [0.717, 1.165) is 38.5 Å². The Balaban J connectivity index is 4.34. The summed E-state index contributed by atoms with van der Waals surface area (Å²) < 4.78 is 34.0. The molecule has 10 heteroatoms. The second kappa shape index (κ2) is 29.2. The number of likely N-dealkylation sites (N-methyl/N-ethyl adjacent to an activating group) is 1. The van der Waals surface area contributed by atoms with Crippen molar-refractivity contribution >= 4 is 19.8 Å². The Morgan fingerprint density at radius 1 is 0.600 bits per heavy atom. The summed E-state index contributed by atoms with van der Waals surface area (Å²) in [4.78, 5) is 34.9. The molecular formula is C35H71NO8P+.